The molecule has 0 atom stereocenters. The van der Waals surface area contributed by atoms with Crippen LogP contribution >= 0.6 is 11.3 Å². The molecule has 1 aliphatic rings. The number of nitrogens with one attached hydrogen (secondary N) is 1. The maximum absolute atomic E-state index is 14.1. The molecule has 1 aromatic heterocycles. The third-order valence-electron chi connectivity index (χ3n) is 3.90. The normalized spacial score (nSPS) is 15.7. The first kappa shape index (κ1) is 14.0. The average Bonchev–Trinajstić information content (AvgIpc) is 2.74. The molecule has 4 heteroatoms. The summed E-state index contributed by atoms with van der Waals surface area (Å²) in [4.78, 5) is 1.20. The van der Waals surface area contributed by atoms with E-state index in [0.717, 1.165) is 41.6 Å². The smallest absolute Gasteiger partial charge is 0.132 e. The Kier molecular flexibility index (Phi) is 4.34. The summed E-state index contributed by atoms with van der Waals surface area (Å²) in [6.45, 7) is 4.32. The van der Waals surface area contributed by atoms with Crippen molar-refractivity contribution in [3.05, 3.63) is 34.5 Å². The number of fused-ring (bicyclic) bond motifs is 1. The van der Waals surface area contributed by atoms with Crippen molar-refractivity contribution in [2.45, 2.75) is 45.4 Å². The zero-order valence-corrected chi connectivity index (χ0v) is 12.6. The van der Waals surface area contributed by atoms with E-state index in [1.54, 1.807) is 23.5 Å². The zero-order chi connectivity index (χ0) is 13.9. The summed E-state index contributed by atoms with van der Waals surface area (Å²) in [6.07, 6.45) is 3.93. The Hall–Kier alpha value is -0.970. The summed E-state index contributed by atoms with van der Waals surface area (Å²) in [6, 6.07) is 5.31. The topological polar surface area (TPSA) is 21.3 Å². The van der Waals surface area contributed by atoms with Crippen LogP contribution in [0.1, 0.15) is 36.6 Å². The van der Waals surface area contributed by atoms with Crippen LogP contribution in [0.4, 0.5) is 4.39 Å². The molecular weight excluding hydrogens is 273 g/mol. The number of ether oxygens (including phenoxy) is 1. The second-order valence-electron chi connectivity index (χ2n) is 5.26. The number of rotatable bonds is 6. The van der Waals surface area contributed by atoms with E-state index in [9.17, 15) is 4.39 Å². The van der Waals surface area contributed by atoms with E-state index >= 15 is 0 Å². The zero-order valence-electron chi connectivity index (χ0n) is 11.7. The summed E-state index contributed by atoms with van der Waals surface area (Å²) in [5.74, 6) is -0.131. The van der Waals surface area contributed by atoms with E-state index < -0.39 is 0 Å². The summed E-state index contributed by atoms with van der Waals surface area (Å²) >= 11 is 1.67. The van der Waals surface area contributed by atoms with Crippen molar-refractivity contribution < 1.29 is 9.13 Å². The summed E-state index contributed by atoms with van der Waals surface area (Å²) in [5, 5.41) is 4.09. The van der Waals surface area contributed by atoms with Crippen LogP contribution in [0.5, 0.6) is 0 Å². The van der Waals surface area contributed by atoms with Crippen molar-refractivity contribution in [3.63, 3.8) is 0 Å². The molecule has 1 aromatic carbocycles. The minimum Gasteiger partial charge on any atom is -0.373 e. The van der Waals surface area contributed by atoms with E-state index in [1.807, 2.05) is 6.07 Å². The lowest BCUT2D eigenvalue weighted by molar-refractivity contribution is -0.00837. The second kappa shape index (κ2) is 6.20. The minimum atomic E-state index is -0.131. The van der Waals surface area contributed by atoms with Gasteiger partial charge in [-0.3, -0.25) is 0 Å². The highest BCUT2D eigenvalue weighted by Gasteiger charge is 2.21. The molecule has 0 saturated heterocycles. The fourth-order valence-corrected chi connectivity index (χ4v) is 3.68. The Morgan fingerprint density at radius 1 is 1.40 bits per heavy atom. The molecule has 108 valence electrons. The van der Waals surface area contributed by atoms with Gasteiger partial charge in [-0.25, -0.2) is 4.39 Å². The van der Waals surface area contributed by atoms with Gasteiger partial charge < -0.3 is 10.1 Å². The first-order valence-corrected chi connectivity index (χ1v) is 8.12. The lowest BCUT2D eigenvalue weighted by Crippen LogP contribution is -2.21. The molecule has 0 aliphatic heterocycles. The summed E-state index contributed by atoms with van der Waals surface area (Å²) < 4.78 is 21.1. The lowest BCUT2D eigenvalue weighted by atomic mass is 9.96. The van der Waals surface area contributed by atoms with Crippen LogP contribution in [0, 0.1) is 5.82 Å². The SMILES string of the molecule is CCNCc1sc2cccc(F)c2c1COC1CCC1. The van der Waals surface area contributed by atoms with Crippen LogP contribution < -0.4 is 5.32 Å². The third kappa shape index (κ3) is 2.73. The third-order valence-corrected chi connectivity index (χ3v) is 5.10. The van der Waals surface area contributed by atoms with E-state index in [0.29, 0.717) is 12.7 Å². The number of halogens is 1. The molecule has 1 N–H and O–H groups in total. The highest BCUT2D eigenvalue weighted by molar-refractivity contribution is 7.19. The predicted molar refractivity (Wildman–Crippen MR) is 81.6 cm³/mol. The monoisotopic (exact) mass is 293 g/mol. The number of benzene rings is 1. The van der Waals surface area contributed by atoms with Crippen molar-refractivity contribution in [2.75, 3.05) is 6.54 Å². The quantitative estimate of drug-likeness (QED) is 0.861. The maximum atomic E-state index is 14.1. The minimum absolute atomic E-state index is 0.131. The molecule has 2 nitrogen and oxygen atoms in total. The second-order valence-corrected chi connectivity index (χ2v) is 6.40. The van der Waals surface area contributed by atoms with Crippen LogP contribution in [0.15, 0.2) is 18.2 Å². The molecule has 0 spiro atoms. The number of hydrogen-bond donors (Lipinski definition) is 1. The van der Waals surface area contributed by atoms with Crippen molar-refractivity contribution in [1.82, 2.24) is 5.32 Å². The standard InChI is InChI=1S/C16H20FNOS/c1-2-18-9-15-12(10-19-11-5-3-6-11)16-13(17)7-4-8-14(16)20-15/h4,7-8,11,18H,2-3,5-6,9-10H2,1H3. The Bertz CT molecular complexity index is 591. The van der Waals surface area contributed by atoms with Crippen LogP contribution in [0.2, 0.25) is 0 Å². The molecule has 3 rings (SSSR count). The predicted octanol–water partition coefficient (Wildman–Crippen LogP) is 4.22. The van der Waals surface area contributed by atoms with E-state index in [2.05, 4.69) is 12.2 Å². The van der Waals surface area contributed by atoms with E-state index in [-0.39, 0.29) is 5.82 Å². The first-order valence-electron chi connectivity index (χ1n) is 7.30. The molecule has 0 amide bonds. The molecule has 2 aromatic rings. The molecular formula is C16H20FNOS. The van der Waals surface area contributed by atoms with Crippen molar-refractivity contribution in [2.24, 2.45) is 0 Å². The number of hydrogen-bond acceptors (Lipinski definition) is 3. The highest BCUT2D eigenvalue weighted by Crippen LogP contribution is 2.35. The van der Waals surface area contributed by atoms with Gasteiger partial charge in [0.25, 0.3) is 0 Å². The van der Waals surface area contributed by atoms with Gasteiger partial charge >= 0.3 is 0 Å². The Labute approximate surface area is 122 Å². The van der Waals surface area contributed by atoms with Gasteiger partial charge in [-0.2, -0.15) is 0 Å². The Morgan fingerprint density at radius 2 is 2.25 bits per heavy atom. The van der Waals surface area contributed by atoms with Gasteiger partial charge in [-0.15, -0.1) is 11.3 Å². The fourth-order valence-electron chi connectivity index (χ4n) is 2.49. The largest absolute Gasteiger partial charge is 0.373 e. The van der Waals surface area contributed by atoms with Crippen molar-refractivity contribution in [1.29, 1.82) is 0 Å². The number of thiophene rings is 1. The lowest BCUT2D eigenvalue weighted by Gasteiger charge is -2.25. The molecule has 20 heavy (non-hydrogen) atoms. The van der Waals surface area contributed by atoms with Crippen molar-refractivity contribution >= 4 is 21.4 Å². The Morgan fingerprint density at radius 3 is 2.95 bits per heavy atom. The molecule has 1 heterocycles. The molecule has 0 unspecified atom stereocenters. The summed E-state index contributed by atoms with van der Waals surface area (Å²) in [7, 11) is 0. The highest BCUT2D eigenvalue weighted by atomic mass is 32.1. The van der Waals surface area contributed by atoms with Crippen LogP contribution in [-0.4, -0.2) is 12.6 Å². The van der Waals surface area contributed by atoms with Crippen LogP contribution in [-0.2, 0) is 17.9 Å². The van der Waals surface area contributed by atoms with E-state index in [4.69, 9.17) is 4.74 Å². The molecule has 1 aliphatic carbocycles. The summed E-state index contributed by atoms with van der Waals surface area (Å²) in [5.41, 5.74) is 1.04. The fraction of sp³-hybridized carbons (Fsp3) is 0.500. The first-order chi connectivity index (χ1) is 9.79. The van der Waals surface area contributed by atoms with Gasteiger partial charge in [0, 0.05) is 27.1 Å². The van der Waals surface area contributed by atoms with E-state index in [1.165, 1.54) is 11.3 Å². The molecule has 0 radical (unpaired) electrons. The van der Waals surface area contributed by atoms with Gasteiger partial charge in [0.2, 0.25) is 0 Å². The van der Waals surface area contributed by atoms with Gasteiger partial charge in [-0.05, 0) is 37.9 Å². The Balaban J connectivity index is 1.90. The van der Waals surface area contributed by atoms with Gasteiger partial charge in [0.05, 0.1) is 12.7 Å². The van der Waals surface area contributed by atoms with Gasteiger partial charge in [0.15, 0.2) is 0 Å². The molecule has 1 saturated carbocycles. The molecule has 1 fully saturated rings. The van der Waals surface area contributed by atoms with Gasteiger partial charge in [-0.1, -0.05) is 13.0 Å². The average molecular weight is 293 g/mol. The maximum Gasteiger partial charge on any atom is 0.132 e. The van der Waals surface area contributed by atoms with Crippen molar-refractivity contribution in [3.8, 4) is 0 Å². The van der Waals surface area contributed by atoms with Crippen LogP contribution in [0.3, 0.4) is 0 Å². The van der Waals surface area contributed by atoms with Gasteiger partial charge in [0.1, 0.15) is 5.82 Å². The molecule has 0 bridgehead atoms. The van der Waals surface area contributed by atoms with Crippen LogP contribution in [0.25, 0.3) is 10.1 Å².